The van der Waals surface area contributed by atoms with E-state index in [2.05, 4.69) is 17.1 Å². The van der Waals surface area contributed by atoms with Crippen LogP contribution in [0.2, 0.25) is 0 Å². The smallest absolute Gasteiger partial charge is 0.268 e. The number of benzene rings is 2. The number of pyridine rings is 1. The summed E-state index contributed by atoms with van der Waals surface area (Å²) in [6, 6.07) is 9.33. The zero-order valence-electron chi connectivity index (χ0n) is 37.0. The van der Waals surface area contributed by atoms with Crippen LogP contribution in [0.3, 0.4) is 0 Å². The van der Waals surface area contributed by atoms with Crippen molar-refractivity contribution in [2.45, 2.75) is 142 Å². The quantitative estimate of drug-likeness (QED) is 0.0584. The molecular weight excluding hydrogens is 785 g/mol. The van der Waals surface area contributed by atoms with Crippen LogP contribution in [0.1, 0.15) is 139 Å². The first-order chi connectivity index (χ1) is 29.1. The van der Waals surface area contributed by atoms with Crippen molar-refractivity contribution in [1.29, 1.82) is 5.41 Å². The van der Waals surface area contributed by atoms with Gasteiger partial charge in [-0.05, 0) is 99.2 Å². The lowest BCUT2D eigenvalue weighted by molar-refractivity contribution is -0.0704. The summed E-state index contributed by atoms with van der Waals surface area (Å²) in [4.78, 5) is 28.5. The molecule has 3 heterocycles. The van der Waals surface area contributed by atoms with E-state index in [4.69, 9.17) is 19.4 Å². The number of hydrogen-bond donors (Lipinski definition) is 2. The predicted octanol–water partition coefficient (Wildman–Crippen LogP) is 10.5. The van der Waals surface area contributed by atoms with Gasteiger partial charge in [-0.2, -0.15) is 0 Å². The van der Waals surface area contributed by atoms with E-state index in [1.54, 1.807) is 11.7 Å². The van der Waals surface area contributed by atoms with Gasteiger partial charge in [0, 0.05) is 87.6 Å². The standard InChI is InChI=1S/C48H64F4N6O3/c1-8-11-34-13-14-41(44(54-19-10-20-60-7)42(34)39(53)12-9-2)58-46(38(29(3)4)23-32-21-36(49)25-37(50)22-32)56-45-43(47(58)59)35(28-57-26-30(5)61-31(6)27-57)24-40(55-45)33-15-17-48(51,52)18-16-33/h13-14,21-22,24-25,29-31,33,38,53-54H,8-12,15-20,23,26-28H2,1-7H3. The molecule has 332 valence electrons. The highest BCUT2D eigenvalue weighted by molar-refractivity contribution is 6.06. The maximum absolute atomic E-state index is 15.9. The molecule has 0 amide bonds. The molecule has 0 radical (unpaired) electrons. The van der Waals surface area contributed by atoms with Gasteiger partial charge in [0.15, 0.2) is 5.65 Å². The normalized spacial score (nSPS) is 19.1. The maximum Gasteiger partial charge on any atom is 0.268 e. The Labute approximate surface area is 358 Å². The molecule has 3 unspecified atom stereocenters. The molecule has 2 N–H and O–H groups in total. The van der Waals surface area contributed by atoms with Crippen molar-refractivity contribution in [3.8, 4) is 5.69 Å². The van der Waals surface area contributed by atoms with Gasteiger partial charge in [0.25, 0.3) is 5.56 Å². The lowest BCUT2D eigenvalue weighted by Gasteiger charge is -2.35. The molecule has 61 heavy (non-hydrogen) atoms. The van der Waals surface area contributed by atoms with Crippen molar-refractivity contribution in [1.82, 2.24) is 19.4 Å². The van der Waals surface area contributed by atoms with Crippen LogP contribution in [-0.4, -0.2) is 76.6 Å². The van der Waals surface area contributed by atoms with E-state index in [1.807, 2.05) is 52.8 Å². The number of anilines is 1. The van der Waals surface area contributed by atoms with Gasteiger partial charge in [-0.1, -0.05) is 46.6 Å². The van der Waals surface area contributed by atoms with Crippen LogP contribution in [0.5, 0.6) is 0 Å². The van der Waals surface area contributed by atoms with Crippen molar-refractivity contribution in [3.05, 3.63) is 92.2 Å². The third-order valence-corrected chi connectivity index (χ3v) is 12.2. The first-order valence-electron chi connectivity index (χ1n) is 22.3. The summed E-state index contributed by atoms with van der Waals surface area (Å²) < 4.78 is 71.6. The average molecular weight is 849 g/mol. The van der Waals surface area contributed by atoms with E-state index in [0.717, 1.165) is 36.5 Å². The molecule has 13 heteroatoms. The van der Waals surface area contributed by atoms with Gasteiger partial charge >= 0.3 is 0 Å². The van der Waals surface area contributed by atoms with E-state index in [9.17, 15) is 23.0 Å². The largest absolute Gasteiger partial charge is 0.385 e. The number of methoxy groups -OCH3 is 1. The second kappa shape index (κ2) is 20.3. The van der Waals surface area contributed by atoms with Crippen molar-refractivity contribution in [2.75, 3.05) is 38.7 Å². The minimum Gasteiger partial charge on any atom is -0.385 e. The molecule has 1 saturated heterocycles. The molecule has 2 aliphatic rings. The number of fused-ring (bicyclic) bond motifs is 1. The highest BCUT2D eigenvalue weighted by Crippen LogP contribution is 2.42. The average Bonchev–Trinajstić information content (AvgIpc) is 3.18. The van der Waals surface area contributed by atoms with Gasteiger partial charge in [-0.15, -0.1) is 0 Å². The number of aromatic nitrogens is 3. The second-order valence-corrected chi connectivity index (χ2v) is 17.7. The summed E-state index contributed by atoms with van der Waals surface area (Å²) in [7, 11) is 1.65. The SMILES string of the molecule is CCCC(=N)c1c(CCC)ccc(-n2c(C(Cc3cc(F)cc(F)c3)C(C)C)nc3nc(C4CCC(F)(F)CC4)cc(CN4CC(C)OC(C)C4)c3c2=O)c1NCCCOC. The molecule has 0 spiro atoms. The number of nitrogens with zero attached hydrogens (tertiary/aromatic N) is 4. The highest BCUT2D eigenvalue weighted by atomic mass is 19.3. The first-order valence-corrected chi connectivity index (χ1v) is 22.3. The van der Waals surface area contributed by atoms with Crippen LogP contribution < -0.4 is 10.9 Å². The van der Waals surface area contributed by atoms with Crippen LogP contribution in [0.4, 0.5) is 23.2 Å². The summed E-state index contributed by atoms with van der Waals surface area (Å²) in [6.07, 6.45) is 3.67. The molecule has 1 aliphatic heterocycles. The third kappa shape index (κ3) is 11.1. The second-order valence-electron chi connectivity index (χ2n) is 17.7. The molecule has 2 fully saturated rings. The summed E-state index contributed by atoms with van der Waals surface area (Å²) in [5.41, 5.74) is 5.01. The highest BCUT2D eigenvalue weighted by Gasteiger charge is 2.37. The fourth-order valence-electron chi connectivity index (χ4n) is 9.33. The number of aryl methyl sites for hydroxylation is 1. The Balaban J connectivity index is 1.69. The molecule has 0 bridgehead atoms. The number of morpholine rings is 1. The molecule has 6 rings (SSSR count). The monoisotopic (exact) mass is 848 g/mol. The predicted molar refractivity (Wildman–Crippen MR) is 235 cm³/mol. The third-order valence-electron chi connectivity index (χ3n) is 12.2. The van der Waals surface area contributed by atoms with Crippen molar-refractivity contribution in [2.24, 2.45) is 5.92 Å². The lowest BCUT2D eigenvalue weighted by atomic mass is 9.84. The van der Waals surface area contributed by atoms with E-state index < -0.39 is 23.5 Å². The van der Waals surface area contributed by atoms with Crippen LogP contribution in [-0.2, 0) is 28.9 Å². The summed E-state index contributed by atoms with van der Waals surface area (Å²) in [5.74, 6) is -4.70. The van der Waals surface area contributed by atoms with Gasteiger partial charge in [-0.25, -0.2) is 27.5 Å². The van der Waals surface area contributed by atoms with Gasteiger partial charge in [0.05, 0.1) is 29.0 Å². The summed E-state index contributed by atoms with van der Waals surface area (Å²) in [6.45, 7) is 14.9. The van der Waals surface area contributed by atoms with Gasteiger partial charge in [0.1, 0.15) is 17.5 Å². The van der Waals surface area contributed by atoms with Crippen molar-refractivity contribution < 1.29 is 27.0 Å². The van der Waals surface area contributed by atoms with Crippen molar-refractivity contribution >= 4 is 22.4 Å². The zero-order valence-corrected chi connectivity index (χ0v) is 37.0. The van der Waals surface area contributed by atoms with Crippen LogP contribution in [0.25, 0.3) is 16.7 Å². The summed E-state index contributed by atoms with van der Waals surface area (Å²) in [5, 5.41) is 13.3. The minimum absolute atomic E-state index is 0.0389. The maximum atomic E-state index is 15.9. The fourth-order valence-corrected chi connectivity index (χ4v) is 9.33. The summed E-state index contributed by atoms with van der Waals surface area (Å²) >= 11 is 0. The molecule has 9 nitrogen and oxygen atoms in total. The number of alkyl halides is 2. The van der Waals surface area contributed by atoms with Gasteiger partial charge < -0.3 is 20.2 Å². The van der Waals surface area contributed by atoms with E-state index >= 15 is 4.79 Å². The van der Waals surface area contributed by atoms with Crippen LogP contribution in [0, 0.1) is 23.0 Å². The lowest BCUT2D eigenvalue weighted by Crippen LogP contribution is -2.45. The van der Waals surface area contributed by atoms with E-state index in [0.29, 0.717) is 90.7 Å². The van der Waals surface area contributed by atoms with E-state index in [-0.39, 0.29) is 67.4 Å². The number of rotatable bonds is 18. The molecule has 2 aromatic heterocycles. The Morgan fingerprint density at radius 1 is 1.00 bits per heavy atom. The fraction of sp³-hybridized carbons (Fsp3) is 0.583. The first kappa shape index (κ1) is 46.3. The molecule has 1 aliphatic carbocycles. The molecular formula is C48H64F4N6O3. The van der Waals surface area contributed by atoms with Crippen LogP contribution >= 0.6 is 0 Å². The van der Waals surface area contributed by atoms with E-state index in [1.165, 1.54) is 12.1 Å². The number of ether oxygens (including phenoxy) is 2. The zero-order chi connectivity index (χ0) is 44.0. The van der Waals surface area contributed by atoms with Gasteiger partial charge in [0.2, 0.25) is 5.92 Å². The Bertz CT molecular complexity index is 2190. The Kier molecular flexibility index (Phi) is 15.4. The Morgan fingerprint density at radius 2 is 1.69 bits per heavy atom. The Hall–Kier alpha value is -4.20. The van der Waals surface area contributed by atoms with Crippen molar-refractivity contribution in [3.63, 3.8) is 0 Å². The number of hydrogen-bond acceptors (Lipinski definition) is 8. The molecule has 1 saturated carbocycles. The van der Waals surface area contributed by atoms with Crippen LogP contribution in [0.15, 0.2) is 41.2 Å². The Morgan fingerprint density at radius 3 is 2.31 bits per heavy atom. The topological polar surface area (TPSA) is 105 Å². The minimum atomic E-state index is -2.73. The molecule has 2 aromatic carbocycles. The number of halogens is 4. The number of nitrogens with one attached hydrogen (secondary N) is 2. The van der Waals surface area contributed by atoms with Gasteiger partial charge in [-0.3, -0.25) is 14.3 Å². The molecule has 3 atom stereocenters. The molecule has 4 aromatic rings.